The van der Waals surface area contributed by atoms with Crippen molar-refractivity contribution < 1.29 is 4.39 Å². The molecule has 3 rings (SSSR count). The summed E-state index contributed by atoms with van der Waals surface area (Å²) in [4.78, 5) is 0. The Morgan fingerprint density at radius 3 is 2.24 bits per heavy atom. The number of nitrogens with two attached hydrogens (primary N) is 1. The van der Waals surface area contributed by atoms with Gasteiger partial charge in [-0.15, -0.1) is 0 Å². The molecule has 3 aromatic rings. The Morgan fingerprint density at radius 1 is 0.905 bits per heavy atom. The summed E-state index contributed by atoms with van der Waals surface area (Å²) in [6, 6.07) is 18.8. The summed E-state index contributed by atoms with van der Waals surface area (Å²) in [6.45, 7) is 2.13. The maximum absolute atomic E-state index is 13.9. The van der Waals surface area contributed by atoms with E-state index in [0.29, 0.717) is 5.39 Å². The molecule has 1 unspecified atom stereocenters. The lowest BCUT2D eigenvalue weighted by molar-refractivity contribution is 0.639. The van der Waals surface area contributed by atoms with E-state index in [1.54, 1.807) is 12.1 Å². The smallest absolute Gasteiger partial charge is 0.131 e. The second-order valence-electron chi connectivity index (χ2n) is 5.26. The summed E-state index contributed by atoms with van der Waals surface area (Å²) < 4.78 is 13.9. The van der Waals surface area contributed by atoms with Gasteiger partial charge in [-0.05, 0) is 34.6 Å². The molecule has 0 fully saturated rings. The summed E-state index contributed by atoms with van der Waals surface area (Å²) in [7, 11) is 0. The van der Waals surface area contributed by atoms with Gasteiger partial charge in [0.05, 0.1) is 6.04 Å². The minimum Gasteiger partial charge on any atom is -0.320 e. The van der Waals surface area contributed by atoms with E-state index in [1.807, 2.05) is 18.2 Å². The van der Waals surface area contributed by atoms with Crippen LogP contribution in [0.4, 0.5) is 4.39 Å². The zero-order chi connectivity index (χ0) is 14.8. The topological polar surface area (TPSA) is 26.0 Å². The van der Waals surface area contributed by atoms with Crippen LogP contribution in [-0.2, 0) is 6.42 Å². The average molecular weight is 279 g/mol. The van der Waals surface area contributed by atoms with E-state index in [9.17, 15) is 4.39 Å². The van der Waals surface area contributed by atoms with Crippen molar-refractivity contribution in [2.75, 3.05) is 0 Å². The molecule has 0 spiro atoms. The van der Waals surface area contributed by atoms with Gasteiger partial charge in [-0.1, -0.05) is 61.5 Å². The Labute approximate surface area is 124 Å². The third kappa shape index (κ3) is 2.55. The largest absolute Gasteiger partial charge is 0.320 e. The molecule has 21 heavy (non-hydrogen) atoms. The van der Waals surface area contributed by atoms with Gasteiger partial charge in [0.15, 0.2) is 0 Å². The number of fused-ring (bicyclic) bond motifs is 1. The van der Waals surface area contributed by atoms with Gasteiger partial charge >= 0.3 is 0 Å². The molecule has 0 amide bonds. The predicted molar refractivity (Wildman–Crippen MR) is 85.8 cm³/mol. The first-order valence-electron chi connectivity index (χ1n) is 7.22. The Kier molecular flexibility index (Phi) is 3.72. The van der Waals surface area contributed by atoms with Crippen LogP contribution in [0.25, 0.3) is 10.8 Å². The fourth-order valence-electron chi connectivity index (χ4n) is 2.70. The Hall–Kier alpha value is -2.19. The first-order valence-corrected chi connectivity index (χ1v) is 7.22. The van der Waals surface area contributed by atoms with Crippen molar-refractivity contribution in [3.63, 3.8) is 0 Å². The Bertz CT molecular complexity index is 762. The van der Waals surface area contributed by atoms with Gasteiger partial charge in [0.1, 0.15) is 5.82 Å². The molecule has 0 aliphatic carbocycles. The maximum atomic E-state index is 13.9. The van der Waals surface area contributed by atoms with Gasteiger partial charge in [0.25, 0.3) is 0 Å². The lowest BCUT2D eigenvalue weighted by atomic mass is 9.93. The zero-order valence-corrected chi connectivity index (χ0v) is 12.0. The molecular formula is C19H18FN. The van der Waals surface area contributed by atoms with Crippen LogP contribution in [0.3, 0.4) is 0 Å². The number of rotatable bonds is 3. The highest BCUT2D eigenvalue weighted by atomic mass is 19.1. The Morgan fingerprint density at radius 2 is 1.57 bits per heavy atom. The van der Waals surface area contributed by atoms with Crippen molar-refractivity contribution in [2.45, 2.75) is 19.4 Å². The van der Waals surface area contributed by atoms with Crippen molar-refractivity contribution in [3.8, 4) is 0 Å². The van der Waals surface area contributed by atoms with E-state index in [2.05, 4.69) is 31.2 Å². The second-order valence-corrected chi connectivity index (χ2v) is 5.26. The number of benzene rings is 3. The fourth-order valence-corrected chi connectivity index (χ4v) is 2.70. The molecule has 0 heterocycles. The van der Waals surface area contributed by atoms with Gasteiger partial charge in [-0.2, -0.15) is 0 Å². The highest BCUT2D eigenvalue weighted by molar-refractivity contribution is 5.87. The molecular weight excluding hydrogens is 261 g/mol. The lowest BCUT2D eigenvalue weighted by Gasteiger charge is -2.16. The van der Waals surface area contributed by atoms with Crippen LogP contribution in [0.15, 0.2) is 60.7 Å². The fraction of sp³-hybridized carbons (Fsp3) is 0.158. The molecule has 0 aromatic heterocycles. The zero-order valence-electron chi connectivity index (χ0n) is 12.0. The monoisotopic (exact) mass is 279 g/mol. The molecule has 0 aliphatic rings. The quantitative estimate of drug-likeness (QED) is 0.745. The van der Waals surface area contributed by atoms with Crippen LogP contribution in [0.1, 0.15) is 29.7 Å². The normalized spacial score (nSPS) is 12.5. The summed E-state index contributed by atoms with van der Waals surface area (Å²) in [5.41, 5.74) is 9.69. The minimum absolute atomic E-state index is 0.206. The summed E-state index contributed by atoms with van der Waals surface area (Å²) >= 11 is 0. The molecule has 0 aliphatic heterocycles. The SMILES string of the molecule is CCc1ccc(C(N)c2ccc(F)c3ccccc23)cc1. The van der Waals surface area contributed by atoms with Crippen molar-refractivity contribution in [3.05, 3.63) is 83.2 Å². The van der Waals surface area contributed by atoms with Gasteiger partial charge in [-0.25, -0.2) is 4.39 Å². The van der Waals surface area contributed by atoms with Crippen LogP contribution in [0, 0.1) is 5.82 Å². The van der Waals surface area contributed by atoms with E-state index >= 15 is 0 Å². The maximum Gasteiger partial charge on any atom is 0.131 e. The summed E-state index contributed by atoms with van der Waals surface area (Å²) in [5, 5.41) is 1.50. The predicted octanol–water partition coefficient (Wildman–Crippen LogP) is 4.59. The number of hydrogen-bond acceptors (Lipinski definition) is 1. The van der Waals surface area contributed by atoms with Crippen LogP contribution in [0.2, 0.25) is 0 Å². The second kappa shape index (κ2) is 5.66. The van der Waals surface area contributed by atoms with Crippen LogP contribution in [-0.4, -0.2) is 0 Å². The lowest BCUT2D eigenvalue weighted by Crippen LogP contribution is -2.12. The van der Waals surface area contributed by atoms with Crippen molar-refractivity contribution in [1.29, 1.82) is 0 Å². The van der Waals surface area contributed by atoms with Crippen molar-refractivity contribution >= 4 is 10.8 Å². The molecule has 106 valence electrons. The summed E-state index contributed by atoms with van der Waals surface area (Å²) in [6.07, 6.45) is 1.01. The molecule has 3 aromatic carbocycles. The van der Waals surface area contributed by atoms with Gasteiger partial charge in [-0.3, -0.25) is 0 Å². The van der Waals surface area contributed by atoms with Crippen molar-refractivity contribution in [2.24, 2.45) is 5.73 Å². The van der Waals surface area contributed by atoms with E-state index in [0.717, 1.165) is 22.9 Å². The highest BCUT2D eigenvalue weighted by Crippen LogP contribution is 2.29. The van der Waals surface area contributed by atoms with Gasteiger partial charge in [0, 0.05) is 5.39 Å². The molecule has 0 saturated carbocycles. The van der Waals surface area contributed by atoms with Crippen LogP contribution >= 0.6 is 0 Å². The average Bonchev–Trinajstić information content (AvgIpc) is 2.55. The third-order valence-corrected chi connectivity index (χ3v) is 3.99. The third-order valence-electron chi connectivity index (χ3n) is 3.99. The summed E-state index contributed by atoms with van der Waals surface area (Å²) in [5.74, 6) is -0.206. The van der Waals surface area contributed by atoms with E-state index in [1.165, 1.54) is 11.6 Å². The molecule has 1 atom stereocenters. The molecule has 0 bridgehead atoms. The molecule has 0 radical (unpaired) electrons. The van der Waals surface area contributed by atoms with E-state index in [-0.39, 0.29) is 11.9 Å². The standard InChI is InChI=1S/C19H18FN/c1-2-13-7-9-14(10-8-13)19(21)17-11-12-18(20)16-6-4-3-5-15(16)17/h3-12,19H,2,21H2,1H3. The van der Waals surface area contributed by atoms with E-state index in [4.69, 9.17) is 5.73 Å². The molecule has 2 N–H and O–H groups in total. The van der Waals surface area contributed by atoms with Crippen LogP contribution < -0.4 is 5.73 Å². The first-order chi connectivity index (χ1) is 10.2. The van der Waals surface area contributed by atoms with Crippen LogP contribution in [0.5, 0.6) is 0 Å². The Balaban J connectivity index is 2.08. The number of aryl methyl sites for hydroxylation is 1. The molecule has 1 nitrogen and oxygen atoms in total. The molecule has 2 heteroatoms. The number of hydrogen-bond donors (Lipinski definition) is 1. The van der Waals surface area contributed by atoms with Crippen molar-refractivity contribution in [1.82, 2.24) is 0 Å². The highest BCUT2D eigenvalue weighted by Gasteiger charge is 2.13. The number of halogens is 1. The van der Waals surface area contributed by atoms with Gasteiger partial charge < -0.3 is 5.73 Å². The molecule has 0 saturated heterocycles. The van der Waals surface area contributed by atoms with Gasteiger partial charge in [0.2, 0.25) is 0 Å². The minimum atomic E-state index is -0.249. The van der Waals surface area contributed by atoms with E-state index < -0.39 is 0 Å². The first kappa shape index (κ1) is 13.8.